The van der Waals surface area contributed by atoms with Crippen LogP contribution in [0.4, 0.5) is 13.2 Å². The van der Waals surface area contributed by atoms with Crippen molar-refractivity contribution in [3.8, 4) is 5.75 Å². The van der Waals surface area contributed by atoms with Crippen LogP contribution in [0.3, 0.4) is 0 Å². The van der Waals surface area contributed by atoms with E-state index in [0.29, 0.717) is 18.0 Å². The summed E-state index contributed by atoms with van der Waals surface area (Å²) < 4.78 is 50.9. The SMILES string of the molecule is CCCOCc1nc2c(c(=O)n(C)c(=O)n2C)n1Cc1cccc(OC(F)(F)F)c1. The molecule has 0 amide bonds. The summed E-state index contributed by atoms with van der Waals surface area (Å²) in [6.45, 7) is 2.53. The van der Waals surface area contributed by atoms with Crippen LogP contribution in [0.5, 0.6) is 5.75 Å². The molecule has 2 aromatic heterocycles. The average molecular weight is 426 g/mol. The highest BCUT2D eigenvalue weighted by molar-refractivity contribution is 5.71. The zero-order valence-corrected chi connectivity index (χ0v) is 16.7. The van der Waals surface area contributed by atoms with Crippen molar-refractivity contribution < 1.29 is 22.6 Å². The number of hydrogen-bond acceptors (Lipinski definition) is 5. The van der Waals surface area contributed by atoms with Gasteiger partial charge in [-0.3, -0.25) is 13.9 Å². The molecule has 0 saturated heterocycles. The Labute approximate surface area is 169 Å². The number of nitrogens with zero attached hydrogens (tertiary/aromatic N) is 4. The van der Waals surface area contributed by atoms with Gasteiger partial charge in [-0.05, 0) is 24.1 Å². The predicted molar refractivity (Wildman–Crippen MR) is 102 cm³/mol. The molecule has 11 heteroatoms. The van der Waals surface area contributed by atoms with E-state index in [-0.39, 0.29) is 30.1 Å². The lowest BCUT2D eigenvalue weighted by molar-refractivity contribution is -0.274. The fraction of sp³-hybridized carbons (Fsp3) is 0.421. The summed E-state index contributed by atoms with van der Waals surface area (Å²) >= 11 is 0. The molecule has 2 heterocycles. The van der Waals surface area contributed by atoms with Gasteiger partial charge in [0.1, 0.15) is 18.2 Å². The van der Waals surface area contributed by atoms with E-state index in [4.69, 9.17) is 4.74 Å². The van der Waals surface area contributed by atoms with Crippen LogP contribution >= 0.6 is 0 Å². The minimum atomic E-state index is -4.81. The summed E-state index contributed by atoms with van der Waals surface area (Å²) in [6, 6.07) is 5.47. The van der Waals surface area contributed by atoms with Gasteiger partial charge in [-0.2, -0.15) is 0 Å². The first-order valence-corrected chi connectivity index (χ1v) is 9.20. The summed E-state index contributed by atoms with van der Waals surface area (Å²) in [5, 5.41) is 0. The lowest BCUT2D eigenvalue weighted by atomic mass is 10.2. The van der Waals surface area contributed by atoms with Crippen LogP contribution in [0.1, 0.15) is 24.7 Å². The standard InChI is InChI=1S/C19H21F3N4O4/c1-4-8-29-11-14-23-16-15(17(27)25(3)18(28)24(16)2)26(14)10-12-6-5-7-13(9-12)30-19(20,21)22/h5-7,9H,4,8,10-11H2,1-3H3. The van der Waals surface area contributed by atoms with Gasteiger partial charge in [0.2, 0.25) is 0 Å². The van der Waals surface area contributed by atoms with Crippen molar-refractivity contribution in [3.05, 3.63) is 56.5 Å². The first-order chi connectivity index (χ1) is 14.1. The van der Waals surface area contributed by atoms with Gasteiger partial charge in [0.05, 0.1) is 0 Å². The first-order valence-electron chi connectivity index (χ1n) is 9.20. The van der Waals surface area contributed by atoms with Gasteiger partial charge in [-0.25, -0.2) is 9.78 Å². The molecular weight excluding hydrogens is 405 g/mol. The fourth-order valence-corrected chi connectivity index (χ4v) is 3.10. The summed E-state index contributed by atoms with van der Waals surface area (Å²) in [5.74, 6) is 0.0207. The Bertz CT molecular complexity index is 1180. The third-order valence-corrected chi connectivity index (χ3v) is 4.48. The molecule has 0 atom stereocenters. The zero-order valence-electron chi connectivity index (χ0n) is 16.7. The number of aryl methyl sites for hydroxylation is 1. The van der Waals surface area contributed by atoms with Gasteiger partial charge >= 0.3 is 12.1 Å². The molecule has 3 aromatic rings. The van der Waals surface area contributed by atoms with Crippen molar-refractivity contribution in [1.29, 1.82) is 0 Å². The van der Waals surface area contributed by atoms with Crippen molar-refractivity contribution in [2.75, 3.05) is 6.61 Å². The molecule has 30 heavy (non-hydrogen) atoms. The molecule has 162 valence electrons. The number of rotatable bonds is 7. The Hall–Kier alpha value is -3.08. The van der Waals surface area contributed by atoms with Crippen molar-refractivity contribution in [2.24, 2.45) is 14.1 Å². The number of aromatic nitrogens is 4. The van der Waals surface area contributed by atoms with E-state index < -0.39 is 17.6 Å². The molecular formula is C19H21F3N4O4. The second-order valence-corrected chi connectivity index (χ2v) is 6.74. The number of halogens is 3. The van der Waals surface area contributed by atoms with Gasteiger partial charge in [-0.1, -0.05) is 19.1 Å². The van der Waals surface area contributed by atoms with Crippen molar-refractivity contribution in [3.63, 3.8) is 0 Å². The third kappa shape index (κ3) is 4.40. The number of hydrogen-bond donors (Lipinski definition) is 0. The van der Waals surface area contributed by atoms with E-state index in [0.717, 1.165) is 11.0 Å². The summed E-state index contributed by atoms with van der Waals surface area (Å²) in [4.78, 5) is 29.4. The first kappa shape index (κ1) is 21.6. The molecule has 0 aliphatic rings. The Morgan fingerprint density at radius 1 is 1.13 bits per heavy atom. The quantitative estimate of drug-likeness (QED) is 0.542. The molecule has 0 spiro atoms. The largest absolute Gasteiger partial charge is 0.573 e. The molecule has 8 nitrogen and oxygen atoms in total. The fourth-order valence-electron chi connectivity index (χ4n) is 3.10. The monoisotopic (exact) mass is 426 g/mol. The van der Waals surface area contributed by atoms with Gasteiger partial charge in [0.15, 0.2) is 11.2 Å². The zero-order chi connectivity index (χ0) is 22.1. The van der Waals surface area contributed by atoms with Crippen LogP contribution < -0.4 is 16.0 Å². The molecule has 0 N–H and O–H groups in total. The van der Waals surface area contributed by atoms with Crippen LogP contribution in [0.25, 0.3) is 11.2 Å². The van der Waals surface area contributed by atoms with Gasteiger partial charge in [0.25, 0.3) is 5.56 Å². The minimum absolute atomic E-state index is 0.0455. The van der Waals surface area contributed by atoms with Gasteiger partial charge in [0, 0.05) is 27.2 Å². The van der Waals surface area contributed by atoms with Crippen LogP contribution in [0.2, 0.25) is 0 Å². The highest BCUT2D eigenvalue weighted by Crippen LogP contribution is 2.24. The van der Waals surface area contributed by atoms with E-state index in [1.165, 1.54) is 36.9 Å². The molecule has 0 aliphatic carbocycles. The van der Waals surface area contributed by atoms with Crippen LogP contribution in [0.15, 0.2) is 33.9 Å². The summed E-state index contributed by atoms with van der Waals surface area (Å²) in [5.41, 5.74) is -0.273. The number of ether oxygens (including phenoxy) is 2. The van der Waals surface area contributed by atoms with E-state index >= 15 is 0 Å². The molecule has 3 rings (SSSR count). The van der Waals surface area contributed by atoms with Crippen molar-refractivity contribution >= 4 is 11.2 Å². The predicted octanol–water partition coefficient (Wildman–Crippen LogP) is 2.31. The average Bonchev–Trinajstić information content (AvgIpc) is 3.02. The number of imidazole rings is 1. The normalized spacial score (nSPS) is 11.9. The Kier molecular flexibility index (Phi) is 6.01. The second-order valence-electron chi connectivity index (χ2n) is 6.74. The Balaban J connectivity index is 2.11. The summed E-state index contributed by atoms with van der Waals surface area (Å²) in [7, 11) is 2.85. The number of alkyl halides is 3. The van der Waals surface area contributed by atoms with Crippen molar-refractivity contribution in [1.82, 2.24) is 18.7 Å². The lowest BCUT2D eigenvalue weighted by Crippen LogP contribution is -2.37. The lowest BCUT2D eigenvalue weighted by Gasteiger charge is -2.12. The Morgan fingerprint density at radius 2 is 1.87 bits per heavy atom. The van der Waals surface area contributed by atoms with Crippen LogP contribution in [-0.2, 0) is 32.0 Å². The molecule has 0 saturated carbocycles. The summed E-state index contributed by atoms with van der Waals surface area (Å²) in [6.07, 6.45) is -4.04. The number of fused-ring (bicyclic) bond motifs is 1. The second kappa shape index (κ2) is 8.34. The van der Waals surface area contributed by atoms with Crippen LogP contribution in [-0.4, -0.2) is 31.7 Å². The Morgan fingerprint density at radius 3 is 2.53 bits per heavy atom. The topological polar surface area (TPSA) is 80.3 Å². The van der Waals surface area contributed by atoms with Gasteiger partial charge < -0.3 is 14.0 Å². The molecule has 0 fully saturated rings. The minimum Gasteiger partial charge on any atom is -0.406 e. The molecule has 0 bridgehead atoms. The third-order valence-electron chi connectivity index (χ3n) is 4.48. The van der Waals surface area contributed by atoms with E-state index in [9.17, 15) is 22.8 Å². The van der Waals surface area contributed by atoms with E-state index in [1.54, 1.807) is 10.6 Å². The molecule has 1 aromatic carbocycles. The van der Waals surface area contributed by atoms with Gasteiger partial charge in [-0.15, -0.1) is 13.2 Å². The smallest absolute Gasteiger partial charge is 0.406 e. The highest BCUT2D eigenvalue weighted by atomic mass is 19.4. The molecule has 0 aliphatic heterocycles. The van der Waals surface area contributed by atoms with E-state index in [1.807, 2.05) is 6.92 Å². The maximum absolute atomic E-state index is 12.8. The molecule has 0 unspecified atom stereocenters. The van der Waals surface area contributed by atoms with E-state index in [2.05, 4.69) is 9.72 Å². The molecule has 0 radical (unpaired) electrons. The van der Waals surface area contributed by atoms with Crippen molar-refractivity contribution in [2.45, 2.75) is 32.9 Å². The maximum Gasteiger partial charge on any atom is 0.573 e. The number of benzene rings is 1. The van der Waals surface area contributed by atoms with Crippen LogP contribution in [0, 0.1) is 0 Å². The highest BCUT2D eigenvalue weighted by Gasteiger charge is 2.31. The maximum atomic E-state index is 12.8.